The third-order valence-corrected chi connectivity index (χ3v) is 5.68. The molecule has 156 valence electrons. The lowest BCUT2D eigenvalue weighted by molar-refractivity contribution is 0.0952. The minimum atomic E-state index is -3.98. The summed E-state index contributed by atoms with van der Waals surface area (Å²) < 4.78 is 45.8. The van der Waals surface area contributed by atoms with Crippen molar-refractivity contribution in [3.8, 4) is 0 Å². The lowest BCUT2D eigenvalue weighted by Crippen LogP contribution is -2.25. The summed E-state index contributed by atoms with van der Waals surface area (Å²) in [6.45, 7) is 0.741. The lowest BCUT2D eigenvalue weighted by Gasteiger charge is -2.13. The summed E-state index contributed by atoms with van der Waals surface area (Å²) in [6.07, 6.45) is 0. The van der Waals surface area contributed by atoms with Crippen molar-refractivity contribution in [3.63, 3.8) is 0 Å². The lowest BCUT2D eigenvalue weighted by atomic mass is 10.1. The van der Waals surface area contributed by atoms with E-state index in [1.165, 1.54) is 12.1 Å². The zero-order chi connectivity index (χ0) is 21.6. The third kappa shape index (κ3) is 5.43. The first kappa shape index (κ1) is 21.5. The van der Waals surface area contributed by atoms with E-state index in [2.05, 4.69) is 10.0 Å². The van der Waals surface area contributed by atoms with Crippen LogP contribution < -0.4 is 10.0 Å². The van der Waals surface area contributed by atoms with Crippen molar-refractivity contribution in [2.75, 3.05) is 11.8 Å². The number of rotatable bonds is 8. The molecule has 30 heavy (non-hydrogen) atoms. The number of nitrogens with one attached hydrogen (secondary N) is 2. The molecule has 8 heteroatoms. The second kappa shape index (κ2) is 9.51. The van der Waals surface area contributed by atoms with Gasteiger partial charge in [0.2, 0.25) is 0 Å². The molecule has 0 saturated carbocycles. The minimum Gasteiger partial charge on any atom is -0.380 e. The van der Waals surface area contributed by atoms with Gasteiger partial charge >= 0.3 is 0 Å². The standard InChI is InChI=1S/C22H21FN2O4S/c1-29-15-17-6-4-5-16(13-17)14-24-22(26)20-7-2-3-8-21(20)25-30(27,28)19-11-9-18(23)10-12-19/h2-13,25H,14-15H2,1H3,(H,24,26). The largest absolute Gasteiger partial charge is 0.380 e. The molecule has 6 nitrogen and oxygen atoms in total. The van der Waals surface area contributed by atoms with E-state index in [0.29, 0.717) is 6.61 Å². The van der Waals surface area contributed by atoms with E-state index < -0.39 is 21.7 Å². The Morgan fingerprint density at radius 1 is 0.967 bits per heavy atom. The van der Waals surface area contributed by atoms with E-state index in [-0.39, 0.29) is 22.7 Å². The smallest absolute Gasteiger partial charge is 0.261 e. The molecule has 0 heterocycles. The monoisotopic (exact) mass is 428 g/mol. The molecule has 3 aromatic rings. The summed E-state index contributed by atoms with van der Waals surface area (Å²) in [5.41, 5.74) is 2.18. The highest BCUT2D eigenvalue weighted by molar-refractivity contribution is 7.92. The van der Waals surface area contributed by atoms with Gasteiger partial charge in [-0.25, -0.2) is 12.8 Å². The third-order valence-electron chi connectivity index (χ3n) is 4.30. The maximum atomic E-state index is 13.1. The average molecular weight is 428 g/mol. The molecule has 3 rings (SSSR count). The van der Waals surface area contributed by atoms with Crippen LogP contribution >= 0.6 is 0 Å². The van der Waals surface area contributed by atoms with Crippen molar-refractivity contribution in [2.45, 2.75) is 18.0 Å². The van der Waals surface area contributed by atoms with E-state index >= 15 is 0 Å². The summed E-state index contributed by atoms with van der Waals surface area (Å²) in [5.74, 6) is -0.965. The number of anilines is 1. The Balaban J connectivity index is 1.75. The Morgan fingerprint density at radius 2 is 1.67 bits per heavy atom. The van der Waals surface area contributed by atoms with Gasteiger partial charge in [0.15, 0.2) is 0 Å². The predicted octanol–water partition coefficient (Wildman–Crippen LogP) is 3.70. The van der Waals surface area contributed by atoms with Crippen LogP contribution in [0.2, 0.25) is 0 Å². The summed E-state index contributed by atoms with van der Waals surface area (Å²) in [5, 5.41) is 2.79. The van der Waals surface area contributed by atoms with Crippen molar-refractivity contribution in [3.05, 3.63) is 95.3 Å². The van der Waals surface area contributed by atoms with Crippen LogP contribution in [0, 0.1) is 5.82 Å². The van der Waals surface area contributed by atoms with Gasteiger partial charge in [0, 0.05) is 13.7 Å². The quantitative estimate of drug-likeness (QED) is 0.573. The zero-order valence-electron chi connectivity index (χ0n) is 16.3. The summed E-state index contributed by atoms with van der Waals surface area (Å²) in [4.78, 5) is 12.6. The molecule has 0 bridgehead atoms. The summed E-state index contributed by atoms with van der Waals surface area (Å²) in [7, 11) is -2.37. The number of para-hydroxylation sites is 1. The van der Waals surface area contributed by atoms with Crippen LogP contribution in [0.15, 0.2) is 77.7 Å². The van der Waals surface area contributed by atoms with Gasteiger partial charge in [-0.3, -0.25) is 9.52 Å². The highest BCUT2D eigenvalue weighted by atomic mass is 32.2. The number of ether oxygens (including phenoxy) is 1. The van der Waals surface area contributed by atoms with Crippen LogP contribution in [-0.4, -0.2) is 21.4 Å². The van der Waals surface area contributed by atoms with Gasteiger partial charge in [-0.15, -0.1) is 0 Å². The SMILES string of the molecule is COCc1cccc(CNC(=O)c2ccccc2NS(=O)(=O)c2ccc(F)cc2)c1. The number of sulfonamides is 1. The maximum Gasteiger partial charge on any atom is 0.261 e. The molecule has 0 fully saturated rings. The molecule has 0 radical (unpaired) electrons. The highest BCUT2D eigenvalue weighted by Crippen LogP contribution is 2.20. The number of carbonyl (C=O) groups excluding carboxylic acids is 1. The van der Waals surface area contributed by atoms with Gasteiger partial charge < -0.3 is 10.1 Å². The Kier molecular flexibility index (Phi) is 6.81. The van der Waals surface area contributed by atoms with Crippen LogP contribution in [-0.2, 0) is 27.9 Å². The van der Waals surface area contributed by atoms with Gasteiger partial charge in [-0.05, 0) is 47.5 Å². The van der Waals surface area contributed by atoms with Crippen molar-refractivity contribution in [2.24, 2.45) is 0 Å². The molecular formula is C22H21FN2O4S. The van der Waals surface area contributed by atoms with Crippen molar-refractivity contribution in [1.29, 1.82) is 0 Å². The number of amides is 1. The molecule has 0 aliphatic carbocycles. The first-order valence-corrected chi connectivity index (χ1v) is 10.6. The van der Waals surface area contributed by atoms with E-state index in [9.17, 15) is 17.6 Å². The van der Waals surface area contributed by atoms with Gasteiger partial charge in [0.25, 0.3) is 15.9 Å². The summed E-state index contributed by atoms with van der Waals surface area (Å²) in [6, 6.07) is 18.3. The van der Waals surface area contributed by atoms with Crippen molar-refractivity contribution in [1.82, 2.24) is 5.32 Å². The Hall–Kier alpha value is -3.23. The van der Waals surface area contributed by atoms with Gasteiger partial charge in [0.1, 0.15) is 5.82 Å². The van der Waals surface area contributed by atoms with E-state index in [1.807, 2.05) is 24.3 Å². The fourth-order valence-corrected chi connectivity index (χ4v) is 3.94. The molecular weight excluding hydrogens is 407 g/mol. The van der Waals surface area contributed by atoms with E-state index in [4.69, 9.17) is 4.74 Å². The van der Waals surface area contributed by atoms with E-state index in [0.717, 1.165) is 35.4 Å². The first-order valence-electron chi connectivity index (χ1n) is 9.11. The number of carbonyl (C=O) groups is 1. The molecule has 1 amide bonds. The Labute approximate surface area is 174 Å². The van der Waals surface area contributed by atoms with Crippen LogP contribution in [0.5, 0.6) is 0 Å². The van der Waals surface area contributed by atoms with E-state index in [1.54, 1.807) is 19.2 Å². The predicted molar refractivity (Wildman–Crippen MR) is 112 cm³/mol. The van der Waals surface area contributed by atoms with Crippen molar-refractivity contribution < 1.29 is 22.3 Å². The topological polar surface area (TPSA) is 84.5 Å². The molecule has 3 aromatic carbocycles. The fraction of sp³-hybridized carbons (Fsp3) is 0.136. The zero-order valence-corrected chi connectivity index (χ0v) is 17.1. The average Bonchev–Trinajstić information content (AvgIpc) is 2.73. The Morgan fingerprint density at radius 3 is 2.40 bits per heavy atom. The van der Waals surface area contributed by atoms with Crippen molar-refractivity contribution >= 4 is 21.6 Å². The molecule has 0 aliphatic heterocycles. The minimum absolute atomic E-state index is 0.103. The highest BCUT2D eigenvalue weighted by Gasteiger charge is 2.18. The molecule has 0 atom stereocenters. The number of methoxy groups -OCH3 is 1. The molecule has 0 aromatic heterocycles. The number of hydrogen-bond donors (Lipinski definition) is 2. The second-order valence-corrected chi connectivity index (χ2v) is 8.22. The number of hydrogen-bond acceptors (Lipinski definition) is 4. The van der Waals surface area contributed by atoms with Crippen LogP contribution in [0.3, 0.4) is 0 Å². The van der Waals surface area contributed by atoms with Gasteiger partial charge in [-0.1, -0.05) is 36.4 Å². The fourth-order valence-electron chi connectivity index (χ4n) is 2.86. The van der Waals surface area contributed by atoms with Gasteiger partial charge in [0.05, 0.1) is 22.8 Å². The molecule has 0 spiro atoms. The van der Waals surface area contributed by atoms with Crippen LogP contribution in [0.25, 0.3) is 0 Å². The molecule has 0 aliphatic rings. The van der Waals surface area contributed by atoms with Crippen LogP contribution in [0.4, 0.5) is 10.1 Å². The first-order chi connectivity index (χ1) is 14.4. The van der Waals surface area contributed by atoms with Crippen LogP contribution in [0.1, 0.15) is 21.5 Å². The molecule has 0 saturated heterocycles. The second-order valence-electron chi connectivity index (χ2n) is 6.54. The Bertz CT molecular complexity index is 1130. The maximum absolute atomic E-state index is 13.1. The number of halogens is 1. The number of benzene rings is 3. The summed E-state index contributed by atoms with van der Waals surface area (Å²) >= 11 is 0. The molecule has 2 N–H and O–H groups in total. The molecule has 0 unspecified atom stereocenters. The van der Waals surface area contributed by atoms with Gasteiger partial charge in [-0.2, -0.15) is 0 Å². The normalized spacial score (nSPS) is 11.1.